The van der Waals surface area contributed by atoms with Gasteiger partial charge in [-0.25, -0.2) is 0 Å². The van der Waals surface area contributed by atoms with Gasteiger partial charge >= 0.3 is 0 Å². The number of amides is 1. The number of rotatable bonds is 4. The van der Waals surface area contributed by atoms with Crippen LogP contribution in [-0.4, -0.2) is 43.0 Å². The second-order valence-corrected chi connectivity index (χ2v) is 6.99. The van der Waals surface area contributed by atoms with Crippen LogP contribution in [0, 0.1) is 18.3 Å². The number of carbonyl (C=O) groups is 1. The van der Waals surface area contributed by atoms with Gasteiger partial charge in [0.2, 0.25) is 5.91 Å². The van der Waals surface area contributed by atoms with Gasteiger partial charge in [-0.1, -0.05) is 30.3 Å². The molecule has 0 aromatic heterocycles. The van der Waals surface area contributed by atoms with E-state index < -0.39 is 0 Å². The number of para-hydroxylation sites is 2. The summed E-state index contributed by atoms with van der Waals surface area (Å²) in [7, 11) is 0. The summed E-state index contributed by atoms with van der Waals surface area (Å²) in [6, 6.07) is 17.6. The molecule has 0 radical (unpaired) electrons. The first-order valence-electron chi connectivity index (χ1n) is 9.45. The average Bonchev–Trinajstić information content (AvgIpc) is 2.95. The van der Waals surface area contributed by atoms with Gasteiger partial charge in [0.1, 0.15) is 6.07 Å². The molecule has 1 heterocycles. The molecule has 2 aromatic carbocycles. The summed E-state index contributed by atoms with van der Waals surface area (Å²) in [6.07, 6.45) is 0.960. The lowest BCUT2D eigenvalue weighted by atomic mass is 10.1. The van der Waals surface area contributed by atoms with Crippen molar-refractivity contribution >= 4 is 17.3 Å². The molecule has 1 aliphatic rings. The second-order valence-electron chi connectivity index (χ2n) is 6.99. The van der Waals surface area contributed by atoms with E-state index in [1.807, 2.05) is 62.4 Å². The first-order chi connectivity index (χ1) is 13.1. The van der Waals surface area contributed by atoms with Gasteiger partial charge in [0.15, 0.2) is 0 Å². The Morgan fingerprint density at radius 1 is 1.07 bits per heavy atom. The number of nitrogens with zero attached hydrogens (tertiary/aromatic N) is 3. The summed E-state index contributed by atoms with van der Waals surface area (Å²) >= 11 is 0. The quantitative estimate of drug-likeness (QED) is 0.905. The van der Waals surface area contributed by atoms with E-state index >= 15 is 0 Å². The lowest BCUT2D eigenvalue weighted by Gasteiger charge is -2.27. The zero-order valence-corrected chi connectivity index (χ0v) is 16.0. The summed E-state index contributed by atoms with van der Waals surface area (Å²) in [5.74, 6) is 0.0233. The monoisotopic (exact) mass is 362 g/mol. The smallest absolute Gasteiger partial charge is 0.241 e. The molecule has 1 N–H and O–H groups in total. The summed E-state index contributed by atoms with van der Waals surface area (Å²) in [5, 5.41) is 12.4. The number of aryl methyl sites for hydroxylation is 1. The zero-order valence-electron chi connectivity index (χ0n) is 16.0. The maximum atomic E-state index is 12.7. The number of anilines is 2. The van der Waals surface area contributed by atoms with Crippen LogP contribution in [0.1, 0.15) is 24.5 Å². The van der Waals surface area contributed by atoms with E-state index in [2.05, 4.69) is 21.2 Å². The molecule has 1 aliphatic heterocycles. The standard InChI is InChI=1S/C22H26N4O/c1-17-8-3-5-10-20(17)24-22(27)18(2)25-12-7-13-26(15-14-25)21-11-6-4-9-19(21)16-23/h3-6,8-11,18H,7,12-15H2,1-2H3,(H,24,27). The average molecular weight is 362 g/mol. The van der Waals surface area contributed by atoms with Crippen LogP contribution in [0.5, 0.6) is 0 Å². The molecule has 5 heteroatoms. The minimum atomic E-state index is -0.198. The highest BCUT2D eigenvalue weighted by Crippen LogP contribution is 2.22. The number of benzene rings is 2. The topological polar surface area (TPSA) is 59.4 Å². The predicted octanol–water partition coefficient (Wildman–Crippen LogP) is 3.41. The molecule has 0 aliphatic carbocycles. The van der Waals surface area contributed by atoms with Crippen molar-refractivity contribution in [2.24, 2.45) is 0 Å². The van der Waals surface area contributed by atoms with Crippen LogP contribution in [0.2, 0.25) is 0 Å². The highest BCUT2D eigenvalue weighted by atomic mass is 16.2. The molecular formula is C22H26N4O. The van der Waals surface area contributed by atoms with Crippen LogP contribution >= 0.6 is 0 Å². The lowest BCUT2D eigenvalue weighted by Crippen LogP contribution is -2.44. The molecule has 3 rings (SSSR count). The highest BCUT2D eigenvalue weighted by molar-refractivity contribution is 5.95. The van der Waals surface area contributed by atoms with Gasteiger partial charge in [-0.2, -0.15) is 5.26 Å². The van der Waals surface area contributed by atoms with E-state index in [4.69, 9.17) is 0 Å². The third-order valence-corrected chi connectivity index (χ3v) is 5.23. The van der Waals surface area contributed by atoms with Crippen molar-refractivity contribution in [1.82, 2.24) is 4.90 Å². The molecule has 1 fully saturated rings. The SMILES string of the molecule is Cc1ccccc1NC(=O)C(C)N1CCCN(c2ccccc2C#N)CC1. The highest BCUT2D eigenvalue weighted by Gasteiger charge is 2.25. The molecular weight excluding hydrogens is 336 g/mol. The van der Waals surface area contributed by atoms with Crippen molar-refractivity contribution in [3.8, 4) is 6.07 Å². The minimum absolute atomic E-state index is 0.0233. The Morgan fingerprint density at radius 2 is 1.81 bits per heavy atom. The van der Waals surface area contributed by atoms with Crippen molar-refractivity contribution in [1.29, 1.82) is 5.26 Å². The first-order valence-corrected chi connectivity index (χ1v) is 9.45. The molecule has 1 amide bonds. The van der Waals surface area contributed by atoms with Crippen LogP contribution in [0.15, 0.2) is 48.5 Å². The summed E-state index contributed by atoms with van der Waals surface area (Å²) in [6.45, 7) is 7.32. The molecule has 1 unspecified atom stereocenters. The first kappa shape index (κ1) is 18.9. The molecule has 140 valence electrons. The third-order valence-electron chi connectivity index (χ3n) is 5.23. The fraction of sp³-hybridized carbons (Fsp3) is 0.364. The van der Waals surface area contributed by atoms with Gasteiger partial charge in [-0.05, 0) is 44.0 Å². The lowest BCUT2D eigenvalue weighted by molar-refractivity contribution is -0.120. The van der Waals surface area contributed by atoms with Crippen LogP contribution in [0.3, 0.4) is 0 Å². The number of hydrogen-bond acceptors (Lipinski definition) is 4. The van der Waals surface area contributed by atoms with E-state index in [9.17, 15) is 10.1 Å². The van der Waals surface area contributed by atoms with Crippen molar-refractivity contribution in [3.63, 3.8) is 0 Å². The molecule has 27 heavy (non-hydrogen) atoms. The van der Waals surface area contributed by atoms with E-state index in [0.29, 0.717) is 5.56 Å². The van der Waals surface area contributed by atoms with Crippen LogP contribution in [-0.2, 0) is 4.79 Å². The van der Waals surface area contributed by atoms with Crippen molar-refractivity contribution in [3.05, 3.63) is 59.7 Å². The molecule has 1 atom stereocenters. The van der Waals surface area contributed by atoms with Gasteiger partial charge in [0.25, 0.3) is 0 Å². The van der Waals surface area contributed by atoms with Gasteiger partial charge in [-0.15, -0.1) is 0 Å². The Hall–Kier alpha value is -2.84. The Labute approximate surface area is 161 Å². The molecule has 2 aromatic rings. The predicted molar refractivity (Wildman–Crippen MR) is 109 cm³/mol. The van der Waals surface area contributed by atoms with Gasteiger partial charge < -0.3 is 10.2 Å². The molecule has 5 nitrogen and oxygen atoms in total. The van der Waals surface area contributed by atoms with E-state index in [0.717, 1.165) is 49.5 Å². The van der Waals surface area contributed by atoms with Crippen molar-refractivity contribution in [2.45, 2.75) is 26.3 Å². The van der Waals surface area contributed by atoms with Gasteiger partial charge in [0.05, 0.1) is 17.3 Å². The fourth-order valence-electron chi connectivity index (χ4n) is 3.53. The molecule has 1 saturated heterocycles. The van der Waals surface area contributed by atoms with Crippen LogP contribution in [0.25, 0.3) is 0 Å². The molecule has 0 saturated carbocycles. The maximum absolute atomic E-state index is 12.7. The normalized spacial score (nSPS) is 16.3. The van der Waals surface area contributed by atoms with Crippen molar-refractivity contribution < 1.29 is 4.79 Å². The van der Waals surface area contributed by atoms with E-state index in [1.54, 1.807) is 0 Å². The third kappa shape index (κ3) is 4.47. The van der Waals surface area contributed by atoms with Crippen molar-refractivity contribution in [2.75, 3.05) is 36.4 Å². The van der Waals surface area contributed by atoms with E-state index in [-0.39, 0.29) is 11.9 Å². The number of nitrogens with one attached hydrogen (secondary N) is 1. The van der Waals surface area contributed by atoms with Gasteiger partial charge in [0, 0.05) is 31.9 Å². The summed E-state index contributed by atoms with van der Waals surface area (Å²) in [5.41, 5.74) is 3.62. The largest absolute Gasteiger partial charge is 0.369 e. The zero-order chi connectivity index (χ0) is 19.2. The van der Waals surface area contributed by atoms with Crippen LogP contribution < -0.4 is 10.2 Å². The Bertz CT molecular complexity index is 842. The van der Waals surface area contributed by atoms with Crippen LogP contribution in [0.4, 0.5) is 11.4 Å². The summed E-state index contributed by atoms with van der Waals surface area (Å²) < 4.78 is 0. The van der Waals surface area contributed by atoms with E-state index in [1.165, 1.54) is 0 Å². The molecule has 0 spiro atoms. The Kier molecular flexibility index (Phi) is 6.10. The summed E-state index contributed by atoms with van der Waals surface area (Å²) in [4.78, 5) is 17.2. The Balaban J connectivity index is 1.64. The Morgan fingerprint density at radius 3 is 2.59 bits per heavy atom. The van der Waals surface area contributed by atoms with Gasteiger partial charge in [-0.3, -0.25) is 9.69 Å². The second kappa shape index (κ2) is 8.70. The maximum Gasteiger partial charge on any atom is 0.241 e. The number of hydrogen-bond donors (Lipinski definition) is 1. The number of carbonyl (C=O) groups excluding carboxylic acids is 1. The molecule has 0 bridgehead atoms. The minimum Gasteiger partial charge on any atom is -0.369 e. The fourth-order valence-corrected chi connectivity index (χ4v) is 3.53. The number of nitriles is 1.